The highest BCUT2D eigenvalue weighted by Gasteiger charge is 2.22. The fraction of sp³-hybridized carbons (Fsp3) is 0.893. The van der Waals surface area contributed by atoms with Crippen LogP contribution in [0.3, 0.4) is 0 Å². The zero-order valence-electron chi connectivity index (χ0n) is 21.9. The molecule has 3 unspecified atom stereocenters. The van der Waals surface area contributed by atoms with Gasteiger partial charge in [0.15, 0.2) is 17.7 Å². The summed E-state index contributed by atoms with van der Waals surface area (Å²) in [5, 5.41) is 0. The van der Waals surface area contributed by atoms with Crippen LogP contribution in [0.2, 0.25) is 0 Å². The third-order valence-corrected chi connectivity index (χ3v) is 7.46. The van der Waals surface area contributed by atoms with Gasteiger partial charge in [-0.1, -0.05) is 65.2 Å². The Hall–Kier alpha value is -1.59. The number of nitrogens with zero attached hydrogens (tertiary/aromatic N) is 3. The Morgan fingerprint density at radius 3 is 1.29 bits per heavy atom. The molecule has 3 aliphatic rings. The summed E-state index contributed by atoms with van der Waals surface area (Å²) in [7, 11) is 0. The van der Waals surface area contributed by atoms with Gasteiger partial charge < -0.3 is 14.2 Å². The van der Waals surface area contributed by atoms with Crippen molar-refractivity contribution >= 4 is 17.7 Å². The number of hydrogen-bond acceptors (Lipinski definition) is 6. The fourth-order valence-electron chi connectivity index (χ4n) is 5.52. The second-order valence-corrected chi connectivity index (χ2v) is 10.1. The van der Waals surface area contributed by atoms with Crippen LogP contribution in [0.15, 0.2) is 15.0 Å². The van der Waals surface area contributed by atoms with Crippen molar-refractivity contribution in [2.24, 2.45) is 32.7 Å². The molecule has 0 saturated heterocycles. The van der Waals surface area contributed by atoms with E-state index in [-0.39, 0.29) is 0 Å². The van der Waals surface area contributed by atoms with Crippen molar-refractivity contribution in [3.8, 4) is 0 Å². The molecule has 6 heteroatoms. The van der Waals surface area contributed by atoms with Gasteiger partial charge >= 0.3 is 0 Å². The molecule has 0 bridgehead atoms. The Morgan fingerprint density at radius 1 is 0.529 bits per heavy atom. The van der Waals surface area contributed by atoms with Crippen LogP contribution in [0, 0.1) is 17.8 Å². The van der Waals surface area contributed by atoms with Gasteiger partial charge in [0, 0.05) is 17.8 Å². The minimum absolute atomic E-state index is 0.515. The van der Waals surface area contributed by atoms with Gasteiger partial charge in [0.1, 0.15) is 19.8 Å². The number of unbranched alkanes of at least 4 members (excludes halogenated alkanes) is 5. The van der Waals surface area contributed by atoms with E-state index in [4.69, 9.17) is 14.2 Å². The largest absolute Gasteiger partial charge is 0.479 e. The van der Waals surface area contributed by atoms with Crippen LogP contribution < -0.4 is 0 Å². The smallest absolute Gasteiger partial charge is 0.186 e. The van der Waals surface area contributed by atoms with E-state index >= 15 is 0 Å². The number of rotatable bonds is 19. The van der Waals surface area contributed by atoms with Crippen LogP contribution >= 0.6 is 0 Å². The summed E-state index contributed by atoms with van der Waals surface area (Å²) in [6.07, 6.45) is 17.4. The molecule has 0 radical (unpaired) electrons. The van der Waals surface area contributed by atoms with Gasteiger partial charge in [-0.2, -0.15) is 0 Å². The van der Waals surface area contributed by atoms with E-state index in [1.165, 1.54) is 83.5 Å². The number of hydrogen-bond donors (Lipinski definition) is 0. The van der Waals surface area contributed by atoms with Gasteiger partial charge in [0.05, 0.1) is 19.6 Å². The monoisotopic (exact) mass is 475 g/mol. The van der Waals surface area contributed by atoms with Gasteiger partial charge in [-0.3, -0.25) is 15.0 Å². The second kappa shape index (κ2) is 16.1. The standard InChI is InChI=1S/C28H49N3O3/c1-3-12-24(27-30-18-21-33-27)14-8-5-6-9-15-25(28-31-19-22-34-28)16-11-7-10-13-23(4-2)26-29-17-20-32-26/h23-25H,3-22H2,1-2H3. The van der Waals surface area contributed by atoms with E-state index in [2.05, 4.69) is 28.8 Å². The summed E-state index contributed by atoms with van der Waals surface area (Å²) < 4.78 is 17.3. The highest BCUT2D eigenvalue weighted by molar-refractivity contribution is 5.80. The van der Waals surface area contributed by atoms with Crippen molar-refractivity contribution in [3.05, 3.63) is 0 Å². The third-order valence-electron chi connectivity index (χ3n) is 7.46. The highest BCUT2D eigenvalue weighted by Crippen LogP contribution is 2.25. The fourth-order valence-corrected chi connectivity index (χ4v) is 5.52. The SMILES string of the molecule is CCCC(CCCCCCC(CCCCCC(CC)C1=NCCO1)C1=NCCO1)C1=NCCO1. The molecule has 0 fully saturated rings. The van der Waals surface area contributed by atoms with Crippen molar-refractivity contribution in [2.45, 2.75) is 104 Å². The molecule has 0 aliphatic carbocycles. The lowest BCUT2D eigenvalue weighted by atomic mass is 9.92. The van der Waals surface area contributed by atoms with Crippen LogP contribution in [0.25, 0.3) is 0 Å². The van der Waals surface area contributed by atoms with Crippen LogP contribution in [0.1, 0.15) is 104 Å². The summed E-state index contributed by atoms with van der Waals surface area (Å²) in [5.41, 5.74) is 0. The van der Waals surface area contributed by atoms with Gasteiger partial charge in [-0.15, -0.1) is 0 Å². The highest BCUT2D eigenvalue weighted by atomic mass is 16.5. The molecule has 34 heavy (non-hydrogen) atoms. The predicted octanol–water partition coefficient (Wildman–Crippen LogP) is 6.62. The van der Waals surface area contributed by atoms with Crippen LogP contribution in [-0.4, -0.2) is 57.1 Å². The average Bonchev–Trinajstić information content (AvgIpc) is 3.65. The third kappa shape index (κ3) is 9.22. The minimum atomic E-state index is 0.515. The molecule has 3 rings (SSSR count). The first-order valence-corrected chi connectivity index (χ1v) is 14.3. The molecule has 0 aromatic carbocycles. The summed E-state index contributed by atoms with van der Waals surface area (Å²) in [6.45, 7) is 9.39. The maximum Gasteiger partial charge on any atom is 0.186 e. The average molecular weight is 476 g/mol. The first-order chi connectivity index (χ1) is 16.8. The Morgan fingerprint density at radius 2 is 0.912 bits per heavy atom. The molecule has 0 spiro atoms. The van der Waals surface area contributed by atoms with Crippen LogP contribution in [0.4, 0.5) is 0 Å². The van der Waals surface area contributed by atoms with E-state index in [0.29, 0.717) is 17.8 Å². The summed E-state index contributed by atoms with van der Waals surface area (Å²) >= 11 is 0. The van der Waals surface area contributed by atoms with Gasteiger partial charge in [0.2, 0.25) is 0 Å². The Balaban J connectivity index is 1.29. The van der Waals surface area contributed by atoms with E-state index in [1.54, 1.807) is 0 Å². The molecule has 6 nitrogen and oxygen atoms in total. The van der Waals surface area contributed by atoms with E-state index in [1.807, 2.05) is 0 Å². The van der Waals surface area contributed by atoms with E-state index in [9.17, 15) is 0 Å². The molecular formula is C28H49N3O3. The lowest BCUT2D eigenvalue weighted by Gasteiger charge is -2.18. The predicted molar refractivity (Wildman–Crippen MR) is 141 cm³/mol. The first kappa shape index (κ1) is 27.0. The maximum absolute atomic E-state index is 5.88. The lowest BCUT2D eigenvalue weighted by molar-refractivity contribution is 0.305. The molecule has 3 atom stereocenters. The molecule has 0 saturated carbocycles. The Bertz CT molecular complexity index is 661. The van der Waals surface area contributed by atoms with Crippen molar-refractivity contribution in [2.75, 3.05) is 39.5 Å². The topological polar surface area (TPSA) is 64.8 Å². The molecule has 194 valence electrons. The second-order valence-electron chi connectivity index (χ2n) is 10.1. The molecule has 0 amide bonds. The number of ether oxygens (including phenoxy) is 3. The normalized spacial score (nSPS) is 20.1. The molecular weight excluding hydrogens is 426 g/mol. The van der Waals surface area contributed by atoms with Gasteiger partial charge in [-0.05, 0) is 38.5 Å². The quantitative estimate of drug-likeness (QED) is 0.197. The van der Waals surface area contributed by atoms with Gasteiger partial charge in [-0.25, -0.2) is 0 Å². The molecule has 3 aliphatic heterocycles. The van der Waals surface area contributed by atoms with E-state index in [0.717, 1.165) is 63.6 Å². The molecule has 3 heterocycles. The van der Waals surface area contributed by atoms with Crippen molar-refractivity contribution < 1.29 is 14.2 Å². The molecule has 0 aromatic heterocycles. The van der Waals surface area contributed by atoms with Crippen LogP contribution in [-0.2, 0) is 14.2 Å². The summed E-state index contributed by atoms with van der Waals surface area (Å²) in [5.74, 6) is 4.66. The van der Waals surface area contributed by atoms with E-state index < -0.39 is 0 Å². The van der Waals surface area contributed by atoms with Crippen molar-refractivity contribution in [1.82, 2.24) is 0 Å². The number of aliphatic imine (C=N–C) groups is 3. The lowest BCUT2D eigenvalue weighted by Crippen LogP contribution is -2.16. The van der Waals surface area contributed by atoms with Crippen molar-refractivity contribution in [1.29, 1.82) is 0 Å². The first-order valence-electron chi connectivity index (χ1n) is 14.3. The van der Waals surface area contributed by atoms with Gasteiger partial charge in [0.25, 0.3) is 0 Å². The zero-order valence-corrected chi connectivity index (χ0v) is 21.9. The zero-order chi connectivity index (χ0) is 23.8. The Kier molecular flexibility index (Phi) is 12.8. The molecule has 0 N–H and O–H groups in total. The summed E-state index contributed by atoms with van der Waals surface area (Å²) in [4.78, 5) is 13.8. The van der Waals surface area contributed by atoms with Crippen molar-refractivity contribution in [3.63, 3.8) is 0 Å². The summed E-state index contributed by atoms with van der Waals surface area (Å²) in [6, 6.07) is 0. The Labute approximate surface area is 208 Å². The molecule has 0 aromatic rings. The minimum Gasteiger partial charge on any atom is -0.479 e. The van der Waals surface area contributed by atoms with Crippen LogP contribution in [0.5, 0.6) is 0 Å². The maximum atomic E-state index is 5.88.